The molecule has 1 aromatic rings. The van der Waals surface area contributed by atoms with E-state index in [2.05, 4.69) is 27.4 Å². The van der Waals surface area contributed by atoms with Gasteiger partial charge in [0.2, 0.25) is 6.54 Å². The van der Waals surface area contributed by atoms with Gasteiger partial charge < -0.3 is 10.6 Å². The molecule has 0 aliphatic carbocycles. The summed E-state index contributed by atoms with van der Waals surface area (Å²) in [6.45, 7) is 7.10. The van der Waals surface area contributed by atoms with Crippen molar-refractivity contribution < 1.29 is 0 Å². The number of rotatable bonds is 1. The minimum Gasteiger partial charge on any atom is -0.398 e. The second-order valence-electron chi connectivity index (χ2n) is 2.17. The predicted octanol–water partition coefficient (Wildman–Crippen LogP) is 2.29. The minimum atomic E-state index is 0.441. The van der Waals surface area contributed by atoms with Gasteiger partial charge in [0.25, 0.3) is 0 Å². The topological polar surface area (TPSA) is 30.4 Å². The number of nitrogens with zero attached hydrogens (tertiary/aromatic N) is 1. The fraction of sp³-hybridized carbons (Fsp3) is 0.125. The number of anilines is 1. The van der Waals surface area contributed by atoms with Gasteiger partial charge in [-0.1, -0.05) is 0 Å². The summed E-state index contributed by atoms with van der Waals surface area (Å²) < 4.78 is 1.02. The third-order valence-electron chi connectivity index (χ3n) is 1.33. The Kier molecular flexibility index (Phi) is 2.71. The molecule has 0 atom stereocenters. The van der Waals surface area contributed by atoms with Crippen LogP contribution in [0.15, 0.2) is 18.2 Å². The maximum Gasteiger partial charge on any atom is 0.239 e. The van der Waals surface area contributed by atoms with Crippen LogP contribution in [0.25, 0.3) is 4.85 Å². The summed E-state index contributed by atoms with van der Waals surface area (Å²) in [5.74, 6) is 0. The van der Waals surface area contributed by atoms with Gasteiger partial charge in [-0.2, -0.15) is 0 Å². The zero-order chi connectivity index (χ0) is 8.27. The lowest BCUT2D eigenvalue weighted by Gasteiger charge is -1.97. The van der Waals surface area contributed by atoms with Gasteiger partial charge in [0.05, 0.1) is 0 Å². The summed E-state index contributed by atoms with van der Waals surface area (Å²) in [6, 6.07) is 5.66. The van der Waals surface area contributed by atoms with Gasteiger partial charge in [0, 0.05) is 14.8 Å². The number of halogens is 1. The molecule has 2 nitrogen and oxygen atoms in total. The van der Waals surface area contributed by atoms with Crippen molar-refractivity contribution in [3.05, 3.63) is 38.7 Å². The van der Waals surface area contributed by atoms with Crippen LogP contribution in [-0.4, -0.2) is 0 Å². The first-order valence-corrected chi connectivity index (χ1v) is 4.19. The maximum atomic E-state index is 6.66. The van der Waals surface area contributed by atoms with E-state index in [9.17, 15) is 0 Å². The molecule has 2 N–H and O–H groups in total. The average Bonchev–Trinajstić information content (AvgIpc) is 1.98. The van der Waals surface area contributed by atoms with E-state index in [0.717, 1.165) is 14.8 Å². The van der Waals surface area contributed by atoms with E-state index >= 15 is 0 Å². The normalized spacial score (nSPS) is 9.09. The molecule has 0 bridgehead atoms. The van der Waals surface area contributed by atoms with E-state index in [1.54, 1.807) is 0 Å². The lowest BCUT2D eigenvalue weighted by molar-refractivity contribution is 1.26. The van der Waals surface area contributed by atoms with Crippen LogP contribution in [0.5, 0.6) is 0 Å². The zero-order valence-corrected chi connectivity index (χ0v) is 8.00. The standard InChI is InChI=1S/C8H7IN2/c1-11-5-6-2-3-8(10)7(9)4-6/h2-4H,5,10H2. The summed E-state index contributed by atoms with van der Waals surface area (Å²) in [5, 5.41) is 0. The van der Waals surface area contributed by atoms with Crippen LogP contribution in [0.1, 0.15) is 5.56 Å². The van der Waals surface area contributed by atoms with Crippen molar-refractivity contribution in [3.8, 4) is 0 Å². The Morgan fingerprint density at radius 1 is 1.55 bits per heavy atom. The van der Waals surface area contributed by atoms with Gasteiger partial charge >= 0.3 is 0 Å². The summed E-state index contributed by atoms with van der Waals surface area (Å²) in [7, 11) is 0. The highest BCUT2D eigenvalue weighted by molar-refractivity contribution is 14.1. The Morgan fingerprint density at radius 3 is 2.82 bits per heavy atom. The molecule has 1 rings (SSSR count). The van der Waals surface area contributed by atoms with E-state index in [-0.39, 0.29) is 0 Å². The highest BCUT2D eigenvalue weighted by Gasteiger charge is 1.98. The molecule has 0 unspecified atom stereocenters. The van der Waals surface area contributed by atoms with Crippen molar-refractivity contribution in [2.45, 2.75) is 6.54 Å². The van der Waals surface area contributed by atoms with Crippen LogP contribution < -0.4 is 5.73 Å². The lowest BCUT2D eigenvalue weighted by Crippen LogP contribution is -1.90. The average molecular weight is 258 g/mol. The molecule has 0 spiro atoms. The molecule has 0 saturated carbocycles. The Hall–Kier alpha value is -0.760. The van der Waals surface area contributed by atoms with Gasteiger partial charge in [0.1, 0.15) is 0 Å². The maximum absolute atomic E-state index is 6.66. The first-order chi connectivity index (χ1) is 5.24. The summed E-state index contributed by atoms with van der Waals surface area (Å²) in [6.07, 6.45) is 0. The number of hydrogen-bond donors (Lipinski definition) is 1. The first-order valence-electron chi connectivity index (χ1n) is 3.11. The molecular weight excluding hydrogens is 251 g/mol. The third kappa shape index (κ3) is 2.09. The van der Waals surface area contributed by atoms with E-state index < -0.39 is 0 Å². The number of hydrogen-bond acceptors (Lipinski definition) is 1. The van der Waals surface area contributed by atoms with E-state index in [1.165, 1.54) is 0 Å². The largest absolute Gasteiger partial charge is 0.398 e. The van der Waals surface area contributed by atoms with Gasteiger partial charge in [-0.25, -0.2) is 6.57 Å². The second-order valence-corrected chi connectivity index (χ2v) is 3.33. The Labute approximate surface area is 79.4 Å². The Balaban J connectivity index is 2.98. The van der Waals surface area contributed by atoms with Crippen molar-refractivity contribution in [3.63, 3.8) is 0 Å². The van der Waals surface area contributed by atoms with E-state index in [1.807, 2.05) is 18.2 Å². The molecule has 0 aromatic heterocycles. The molecular formula is C8H7IN2. The highest BCUT2D eigenvalue weighted by Crippen LogP contribution is 2.16. The van der Waals surface area contributed by atoms with Gasteiger partial charge in [-0.05, 0) is 40.8 Å². The van der Waals surface area contributed by atoms with Gasteiger partial charge in [-0.3, -0.25) is 0 Å². The SMILES string of the molecule is [C-]#[N+]Cc1ccc(N)c(I)c1. The molecule has 0 amide bonds. The molecule has 0 fully saturated rings. The van der Waals surface area contributed by atoms with Gasteiger partial charge in [0.15, 0.2) is 0 Å². The molecule has 1 aromatic carbocycles. The predicted molar refractivity (Wildman–Crippen MR) is 53.9 cm³/mol. The molecule has 0 saturated heterocycles. The van der Waals surface area contributed by atoms with Crippen molar-refractivity contribution in [1.29, 1.82) is 0 Å². The summed E-state index contributed by atoms with van der Waals surface area (Å²) >= 11 is 2.16. The molecule has 0 heterocycles. The number of benzene rings is 1. The summed E-state index contributed by atoms with van der Waals surface area (Å²) in [4.78, 5) is 3.28. The Morgan fingerprint density at radius 2 is 2.27 bits per heavy atom. The van der Waals surface area contributed by atoms with Crippen LogP contribution >= 0.6 is 22.6 Å². The van der Waals surface area contributed by atoms with Crippen LogP contribution in [0, 0.1) is 10.1 Å². The monoisotopic (exact) mass is 258 g/mol. The third-order valence-corrected chi connectivity index (χ3v) is 2.26. The van der Waals surface area contributed by atoms with Gasteiger partial charge in [-0.15, -0.1) is 0 Å². The molecule has 11 heavy (non-hydrogen) atoms. The fourth-order valence-corrected chi connectivity index (χ4v) is 1.34. The Bertz CT molecular complexity index is 301. The van der Waals surface area contributed by atoms with Crippen molar-refractivity contribution in [1.82, 2.24) is 0 Å². The molecule has 0 aliphatic rings. The van der Waals surface area contributed by atoms with Crippen molar-refractivity contribution in [2.75, 3.05) is 5.73 Å². The first kappa shape index (κ1) is 8.34. The molecule has 3 heteroatoms. The van der Waals surface area contributed by atoms with Crippen LogP contribution in [0.2, 0.25) is 0 Å². The quantitative estimate of drug-likeness (QED) is 0.467. The van der Waals surface area contributed by atoms with E-state index in [0.29, 0.717) is 6.54 Å². The smallest absolute Gasteiger partial charge is 0.239 e. The molecule has 0 radical (unpaired) electrons. The van der Waals surface area contributed by atoms with E-state index in [4.69, 9.17) is 12.3 Å². The number of nitrogens with two attached hydrogens (primary N) is 1. The van der Waals surface area contributed by atoms with Crippen molar-refractivity contribution >= 4 is 28.3 Å². The minimum absolute atomic E-state index is 0.441. The molecule has 0 aliphatic heterocycles. The van der Waals surface area contributed by atoms with Crippen LogP contribution in [0.4, 0.5) is 5.69 Å². The fourth-order valence-electron chi connectivity index (χ4n) is 0.760. The van der Waals surface area contributed by atoms with Crippen LogP contribution in [-0.2, 0) is 6.54 Å². The summed E-state index contributed by atoms with van der Waals surface area (Å²) in [5.41, 5.74) is 7.40. The van der Waals surface area contributed by atoms with Crippen LogP contribution in [0.3, 0.4) is 0 Å². The molecule has 56 valence electrons. The lowest BCUT2D eigenvalue weighted by atomic mass is 10.2. The zero-order valence-electron chi connectivity index (χ0n) is 5.84. The number of nitrogen functional groups attached to an aromatic ring is 1. The van der Waals surface area contributed by atoms with Crippen molar-refractivity contribution in [2.24, 2.45) is 0 Å². The second kappa shape index (κ2) is 3.58. The highest BCUT2D eigenvalue weighted by atomic mass is 127.